The van der Waals surface area contributed by atoms with Crippen LogP contribution in [0.5, 0.6) is 0 Å². The van der Waals surface area contributed by atoms with E-state index in [0.717, 1.165) is 42.0 Å². The van der Waals surface area contributed by atoms with Gasteiger partial charge in [0.15, 0.2) is 5.82 Å². The fourth-order valence-corrected chi connectivity index (χ4v) is 3.33. The highest BCUT2D eigenvalue weighted by atomic mass is 16.5. The molecule has 1 aliphatic heterocycles. The Bertz CT molecular complexity index is 921. The van der Waals surface area contributed by atoms with Crippen molar-refractivity contribution in [3.05, 3.63) is 42.4 Å². The van der Waals surface area contributed by atoms with Gasteiger partial charge in [-0.3, -0.25) is 0 Å². The average molecular weight is 337 g/mol. The van der Waals surface area contributed by atoms with Crippen LogP contribution in [0.15, 0.2) is 41.2 Å². The van der Waals surface area contributed by atoms with Crippen LogP contribution >= 0.6 is 0 Å². The Hall–Kier alpha value is -2.89. The highest BCUT2D eigenvalue weighted by molar-refractivity contribution is 5.94. The van der Waals surface area contributed by atoms with E-state index in [2.05, 4.69) is 11.8 Å². The van der Waals surface area contributed by atoms with Gasteiger partial charge in [-0.05, 0) is 44.0 Å². The zero-order valence-electron chi connectivity index (χ0n) is 14.2. The molecule has 1 atom stereocenters. The van der Waals surface area contributed by atoms with E-state index in [0.29, 0.717) is 17.1 Å². The first-order valence-corrected chi connectivity index (χ1v) is 8.36. The third-order valence-electron chi connectivity index (χ3n) is 4.69. The molecule has 0 aliphatic carbocycles. The lowest BCUT2D eigenvalue weighted by atomic mass is 10.1. The summed E-state index contributed by atoms with van der Waals surface area (Å²) in [6.45, 7) is 3.14. The van der Waals surface area contributed by atoms with Crippen LogP contribution in [0.4, 0.5) is 5.82 Å². The molecule has 1 saturated heterocycles. The van der Waals surface area contributed by atoms with Crippen LogP contribution in [0.1, 0.15) is 30.1 Å². The maximum atomic E-state index is 11.8. The lowest BCUT2D eigenvalue weighted by Crippen LogP contribution is -2.28. The maximum Gasteiger partial charge on any atom is 0.337 e. The largest absolute Gasteiger partial charge is 0.472 e. The topological polar surface area (TPSA) is 68.5 Å². The van der Waals surface area contributed by atoms with E-state index in [1.807, 2.05) is 6.07 Å². The molecule has 128 valence electrons. The minimum absolute atomic E-state index is 0.376. The molecule has 1 fully saturated rings. The highest BCUT2D eigenvalue weighted by Gasteiger charge is 2.26. The lowest BCUT2D eigenvalue weighted by molar-refractivity contribution is 0.0601. The van der Waals surface area contributed by atoms with Crippen molar-refractivity contribution in [2.45, 2.75) is 25.8 Å². The molecule has 0 N–H and O–H groups in total. The zero-order valence-corrected chi connectivity index (χ0v) is 14.2. The highest BCUT2D eigenvalue weighted by Crippen LogP contribution is 2.34. The molecule has 0 bridgehead atoms. The van der Waals surface area contributed by atoms with Crippen molar-refractivity contribution in [1.29, 1.82) is 0 Å². The summed E-state index contributed by atoms with van der Waals surface area (Å²) in [6.07, 6.45) is 5.59. The molecule has 25 heavy (non-hydrogen) atoms. The van der Waals surface area contributed by atoms with Crippen LogP contribution in [0.2, 0.25) is 0 Å². The monoisotopic (exact) mass is 337 g/mol. The summed E-state index contributed by atoms with van der Waals surface area (Å²) in [7, 11) is 1.37. The molecule has 1 aliphatic rings. The number of aromatic nitrogens is 2. The minimum atomic E-state index is -0.376. The number of benzene rings is 1. The first-order chi connectivity index (χ1) is 12.2. The second-order valence-electron chi connectivity index (χ2n) is 6.29. The summed E-state index contributed by atoms with van der Waals surface area (Å²) < 4.78 is 10.0. The Morgan fingerprint density at radius 3 is 2.84 bits per heavy atom. The van der Waals surface area contributed by atoms with E-state index in [-0.39, 0.29) is 5.97 Å². The number of anilines is 1. The fraction of sp³-hybridized carbons (Fsp3) is 0.316. The van der Waals surface area contributed by atoms with Gasteiger partial charge < -0.3 is 14.1 Å². The number of hydrogen-bond acceptors (Lipinski definition) is 6. The summed E-state index contributed by atoms with van der Waals surface area (Å²) in [5.41, 5.74) is 3.60. The number of rotatable bonds is 3. The molecular weight excluding hydrogens is 318 g/mol. The third kappa shape index (κ3) is 2.73. The summed E-state index contributed by atoms with van der Waals surface area (Å²) in [4.78, 5) is 23.7. The molecule has 0 spiro atoms. The van der Waals surface area contributed by atoms with Crippen LogP contribution in [0.3, 0.4) is 0 Å². The Morgan fingerprint density at radius 2 is 2.16 bits per heavy atom. The van der Waals surface area contributed by atoms with Gasteiger partial charge in [-0.25, -0.2) is 14.8 Å². The first-order valence-electron chi connectivity index (χ1n) is 8.36. The number of carbonyl (C=O) groups excluding carboxylic acids is 1. The van der Waals surface area contributed by atoms with Crippen LogP contribution < -0.4 is 4.90 Å². The van der Waals surface area contributed by atoms with E-state index in [1.165, 1.54) is 7.11 Å². The number of methoxy groups -OCH3 is 1. The Balaban J connectivity index is 1.91. The summed E-state index contributed by atoms with van der Waals surface area (Å²) >= 11 is 0. The average Bonchev–Trinajstić information content (AvgIpc) is 3.31. The number of nitrogens with zero attached hydrogens (tertiary/aromatic N) is 3. The second kappa shape index (κ2) is 6.20. The predicted molar refractivity (Wildman–Crippen MR) is 94.6 cm³/mol. The van der Waals surface area contributed by atoms with E-state index in [1.54, 1.807) is 30.7 Å². The Labute approximate surface area is 145 Å². The van der Waals surface area contributed by atoms with Gasteiger partial charge in [0.05, 0.1) is 36.2 Å². The smallest absolute Gasteiger partial charge is 0.337 e. The molecule has 0 radical (unpaired) electrons. The van der Waals surface area contributed by atoms with Crippen molar-refractivity contribution < 1.29 is 13.9 Å². The van der Waals surface area contributed by atoms with Crippen molar-refractivity contribution in [2.24, 2.45) is 0 Å². The molecule has 0 unspecified atom stereocenters. The minimum Gasteiger partial charge on any atom is -0.472 e. The summed E-state index contributed by atoms with van der Waals surface area (Å²) in [5, 5.41) is 0. The molecule has 2 aromatic heterocycles. The van der Waals surface area contributed by atoms with Crippen molar-refractivity contribution in [2.75, 3.05) is 18.6 Å². The van der Waals surface area contributed by atoms with Crippen LogP contribution in [-0.4, -0.2) is 35.6 Å². The van der Waals surface area contributed by atoms with Gasteiger partial charge in [0, 0.05) is 18.2 Å². The van der Waals surface area contributed by atoms with Crippen LogP contribution in [0.25, 0.3) is 22.3 Å². The normalized spacial score (nSPS) is 17.2. The van der Waals surface area contributed by atoms with Gasteiger partial charge in [-0.2, -0.15) is 0 Å². The van der Waals surface area contributed by atoms with E-state index in [4.69, 9.17) is 19.1 Å². The number of esters is 1. The number of fused-ring (bicyclic) bond motifs is 1. The molecule has 3 heterocycles. The molecule has 0 amide bonds. The number of hydrogen-bond donors (Lipinski definition) is 0. The van der Waals surface area contributed by atoms with Crippen molar-refractivity contribution in [3.63, 3.8) is 0 Å². The zero-order chi connectivity index (χ0) is 17.4. The fourth-order valence-electron chi connectivity index (χ4n) is 3.33. The van der Waals surface area contributed by atoms with Gasteiger partial charge in [0.25, 0.3) is 0 Å². The van der Waals surface area contributed by atoms with Crippen LogP contribution in [-0.2, 0) is 4.74 Å². The van der Waals surface area contributed by atoms with Gasteiger partial charge >= 0.3 is 5.97 Å². The number of ether oxygens (including phenoxy) is 1. The Kier molecular flexibility index (Phi) is 3.87. The molecule has 4 rings (SSSR count). The van der Waals surface area contributed by atoms with Gasteiger partial charge in [0.1, 0.15) is 5.69 Å². The predicted octanol–water partition coefficient (Wildman–Crippen LogP) is 3.67. The second-order valence-corrected chi connectivity index (χ2v) is 6.29. The summed E-state index contributed by atoms with van der Waals surface area (Å²) in [5.74, 6) is 0.458. The number of furan rings is 1. The quantitative estimate of drug-likeness (QED) is 0.679. The van der Waals surface area contributed by atoms with Crippen molar-refractivity contribution in [3.8, 4) is 11.3 Å². The molecule has 0 saturated carbocycles. The van der Waals surface area contributed by atoms with Gasteiger partial charge in [0.2, 0.25) is 0 Å². The molecule has 6 heteroatoms. The van der Waals surface area contributed by atoms with E-state index < -0.39 is 0 Å². The number of carbonyl (C=O) groups is 1. The SMILES string of the molecule is COC(=O)c1ccc2nc(-c3ccoc3)c(N3CCC[C@@H]3C)nc2c1. The summed E-state index contributed by atoms with van der Waals surface area (Å²) in [6, 6.07) is 7.54. The van der Waals surface area contributed by atoms with Crippen molar-refractivity contribution in [1.82, 2.24) is 9.97 Å². The van der Waals surface area contributed by atoms with Crippen LogP contribution in [0, 0.1) is 0 Å². The lowest BCUT2D eigenvalue weighted by Gasteiger charge is -2.24. The Morgan fingerprint density at radius 1 is 1.28 bits per heavy atom. The maximum absolute atomic E-state index is 11.8. The molecule has 3 aromatic rings. The standard InChI is InChI=1S/C19H19N3O3/c1-12-4-3-8-22(12)18-17(14-7-9-25-11-14)20-15-6-5-13(19(23)24-2)10-16(15)21-18/h5-7,9-12H,3-4,8H2,1-2H3/t12-/m0/s1. The molecule has 6 nitrogen and oxygen atoms in total. The van der Waals surface area contributed by atoms with E-state index >= 15 is 0 Å². The first kappa shape index (κ1) is 15.6. The van der Waals surface area contributed by atoms with Gasteiger partial charge in [-0.15, -0.1) is 0 Å². The molecule has 1 aromatic carbocycles. The molecular formula is C19H19N3O3. The van der Waals surface area contributed by atoms with Gasteiger partial charge in [-0.1, -0.05) is 0 Å². The van der Waals surface area contributed by atoms with Crippen molar-refractivity contribution >= 4 is 22.8 Å². The third-order valence-corrected chi connectivity index (χ3v) is 4.69. The van der Waals surface area contributed by atoms with E-state index in [9.17, 15) is 4.79 Å².